The summed E-state index contributed by atoms with van der Waals surface area (Å²) in [5.41, 5.74) is 0.00300. The highest BCUT2D eigenvalue weighted by Gasteiger charge is 2.24. The minimum Gasteiger partial charge on any atom is -0.381 e. The second kappa shape index (κ2) is 6.29. The molecule has 1 N–H and O–H groups in total. The molecule has 7 heteroatoms. The highest BCUT2D eigenvalue weighted by Crippen LogP contribution is 2.29. The van der Waals surface area contributed by atoms with Gasteiger partial charge in [0, 0.05) is 29.9 Å². The molecule has 104 valence electrons. The first-order chi connectivity index (χ1) is 9.10. The van der Waals surface area contributed by atoms with Crippen molar-refractivity contribution in [3.05, 3.63) is 26.9 Å². The molecule has 1 aliphatic carbocycles. The van der Waals surface area contributed by atoms with Crippen molar-refractivity contribution in [1.29, 1.82) is 0 Å². The van der Waals surface area contributed by atoms with Crippen LogP contribution in [0.3, 0.4) is 0 Å². The normalized spacial score (nSPS) is 23.1. The van der Waals surface area contributed by atoms with E-state index in [9.17, 15) is 10.1 Å². The molecule has 1 aromatic rings. The highest BCUT2D eigenvalue weighted by atomic mass is 79.9. The molecule has 1 fully saturated rings. The molecular formula is C12H16BrN3O3. The molecule has 0 bridgehead atoms. The van der Waals surface area contributed by atoms with Crippen LogP contribution in [0.1, 0.15) is 25.7 Å². The number of nitrogens with one attached hydrogen (secondary N) is 1. The second-order valence-electron chi connectivity index (χ2n) is 4.63. The largest absolute Gasteiger partial charge is 0.381 e. The summed E-state index contributed by atoms with van der Waals surface area (Å²) < 4.78 is 5.91. The van der Waals surface area contributed by atoms with Gasteiger partial charge >= 0.3 is 5.69 Å². The lowest BCUT2D eigenvalue weighted by Gasteiger charge is -2.28. The number of aromatic nitrogens is 1. The lowest BCUT2D eigenvalue weighted by Crippen LogP contribution is -2.29. The zero-order chi connectivity index (χ0) is 13.8. The summed E-state index contributed by atoms with van der Waals surface area (Å²) in [5, 5.41) is 14.2. The average molecular weight is 330 g/mol. The van der Waals surface area contributed by atoms with Crippen LogP contribution in [0.15, 0.2) is 16.7 Å². The number of halogens is 1. The maximum atomic E-state index is 11.0. The van der Waals surface area contributed by atoms with Gasteiger partial charge in [0.25, 0.3) is 0 Å². The van der Waals surface area contributed by atoms with Gasteiger partial charge in [0.15, 0.2) is 0 Å². The van der Waals surface area contributed by atoms with Crippen LogP contribution in [-0.2, 0) is 4.74 Å². The van der Waals surface area contributed by atoms with Gasteiger partial charge in [0.2, 0.25) is 5.82 Å². The molecule has 6 nitrogen and oxygen atoms in total. The minimum absolute atomic E-state index is 0.00300. The maximum Gasteiger partial charge on any atom is 0.312 e. The summed E-state index contributed by atoms with van der Waals surface area (Å²) in [6, 6.07) is 1.69. The van der Waals surface area contributed by atoms with E-state index < -0.39 is 4.92 Å². The van der Waals surface area contributed by atoms with Crippen molar-refractivity contribution in [2.24, 2.45) is 0 Å². The molecule has 0 aliphatic heterocycles. The molecule has 0 atom stereocenters. The molecule has 19 heavy (non-hydrogen) atoms. The lowest BCUT2D eigenvalue weighted by atomic mass is 9.93. The Hall–Kier alpha value is -1.21. The van der Waals surface area contributed by atoms with Crippen LogP contribution in [-0.4, -0.2) is 29.2 Å². The number of anilines is 1. The number of nitrogens with zero attached hydrogens (tertiary/aromatic N) is 2. The molecule has 1 heterocycles. The molecule has 1 saturated carbocycles. The average Bonchev–Trinajstić information content (AvgIpc) is 2.41. The lowest BCUT2D eigenvalue weighted by molar-refractivity contribution is -0.384. The van der Waals surface area contributed by atoms with Crippen LogP contribution in [0.2, 0.25) is 0 Å². The smallest absolute Gasteiger partial charge is 0.312 e. The Bertz CT molecular complexity index is 462. The molecule has 1 aromatic heterocycles. The van der Waals surface area contributed by atoms with Crippen molar-refractivity contribution >= 4 is 27.4 Å². The summed E-state index contributed by atoms with van der Waals surface area (Å²) in [5.74, 6) is 0.342. The van der Waals surface area contributed by atoms with Gasteiger partial charge in [0.1, 0.15) is 0 Å². The third-order valence-corrected chi connectivity index (χ3v) is 3.81. The summed E-state index contributed by atoms with van der Waals surface area (Å²) in [6.45, 7) is 0. The first-order valence-corrected chi connectivity index (χ1v) is 6.98. The van der Waals surface area contributed by atoms with Gasteiger partial charge in [-0.15, -0.1) is 0 Å². The van der Waals surface area contributed by atoms with Crippen LogP contribution in [0.4, 0.5) is 11.5 Å². The second-order valence-corrected chi connectivity index (χ2v) is 5.55. The Labute approximate surface area is 119 Å². The van der Waals surface area contributed by atoms with Crippen molar-refractivity contribution < 1.29 is 9.66 Å². The molecular weight excluding hydrogens is 314 g/mol. The molecule has 0 aromatic carbocycles. The zero-order valence-electron chi connectivity index (χ0n) is 10.6. The third-order valence-electron chi connectivity index (χ3n) is 3.38. The number of pyridine rings is 1. The topological polar surface area (TPSA) is 77.3 Å². The Morgan fingerprint density at radius 3 is 2.74 bits per heavy atom. The van der Waals surface area contributed by atoms with Crippen LogP contribution in [0.5, 0.6) is 0 Å². The number of hydrogen-bond acceptors (Lipinski definition) is 5. The Morgan fingerprint density at radius 1 is 1.47 bits per heavy atom. The molecule has 0 unspecified atom stereocenters. The van der Waals surface area contributed by atoms with Crippen molar-refractivity contribution in [2.75, 3.05) is 12.4 Å². The third kappa shape index (κ3) is 3.63. The summed E-state index contributed by atoms with van der Waals surface area (Å²) in [7, 11) is 1.72. The predicted octanol–water partition coefficient (Wildman–Crippen LogP) is 3.12. The number of hydrogen-bond donors (Lipinski definition) is 1. The van der Waals surface area contributed by atoms with Crippen molar-refractivity contribution in [1.82, 2.24) is 4.98 Å². The van der Waals surface area contributed by atoms with Crippen molar-refractivity contribution in [3.63, 3.8) is 0 Å². The molecule has 0 spiro atoms. The fraction of sp³-hybridized carbons (Fsp3) is 0.583. The first kappa shape index (κ1) is 14.2. The number of rotatable bonds is 4. The predicted molar refractivity (Wildman–Crippen MR) is 75.3 cm³/mol. The van der Waals surface area contributed by atoms with E-state index in [0.717, 1.165) is 25.7 Å². The summed E-state index contributed by atoms with van der Waals surface area (Å²) in [6.07, 6.45) is 5.69. The van der Waals surface area contributed by atoms with E-state index in [1.165, 1.54) is 6.07 Å². The van der Waals surface area contributed by atoms with Gasteiger partial charge < -0.3 is 10.1 Å². The van der Waals surface area contributed by atoms with Gasteiger partial charge in [-0.2, -0.15) is 0 Å². The molecule has 1 aliphatic rings. The first-order valence-electron chi connectivity index (χ1n) is 6.19. The van der Waals surface area contributed by atoms with Gasteiger partial charge in [0.05, 0.1) is 11.0 Å². The van der Waals surface area contributed by atoms with Crippen LogP contribution < -0.4 is 5.32 Å². The SMILES string of the molecule is COC1CCC(Nc2ncc(Br)cc2[N+](=O)[O-])CC1. The van der Waals surface area contributed by atoms with Crippen molar-refractivity contribution in [3.8, 4) is 0 Å². The monoisotopic (exact) mass is 329 g/mol. The van der Waals surface area contributed by atoms with E-state index in [0.29, 0.717) is 16.4 Å². The quantitative estimate of drug-likeness (QED) is 0.678. The van der Waals surface area contributed by atoms with E-state index in [4.69, 9.17) is 4.74 Å². The van der Waals surface area contributed by atoms with E-state index >= 15 is 0 Å². The molecule has 0 radical (unpaired) electrons. The van der Waals surface area contributed by atoms with E-state index in [-0.39, 0.29) is 11.7 Å². The van der Waals surface area contributed by atoms with Crippen LogP contribution in [0.25, 0.3) is 0 Å². The maximum absolute atomic E-state index is 11.0. The Balaban J connectivity index is 2.05. The Kier molecular flexibility index (Phi) is 4.71. The fourth-order valence-corrected chi connectivity index (χ4v) is 2.63. The minimum atomic E-state index is -0.416. The van der Waals surface area contributed by atoms with E-state index in [1.807, 2.05) is 0 Å². The van der Waals surface area contributed by atoms with E-state index in [2.05, 4.69) is 26.2 Å². The van der Waals surface area contributed by atoms with E-state index in [1.54, 1.807) is 13.3 Å². The van der Waals surface area contributed by atoms with Gasteiger partial charge in [-0.25, -0.2) is 4.98 Å². The summed E-state index contributed by atoms with van der Waals surface area (Å²) >= 11 is 3.20. The van der Waals surface area contributed by atoms with Gasteiger partial charge in [-0.1, -0.05) is 0 Å². The molecule has 0 saturated heterocycles. The van der Waals surface area contributed by atoms with Crippen LogP contribution in [0, 0.1) is 10.1 Å². The highest BCUT2D eigenvalue weighted by molar-refractivity contribution is 9.10. The number of nitro groups is 1. The number of ether oxygens (including phenoxy) is 1. The van der Waals surface area contributed by atoms with Crippen LogP contribution >= 0.6 is 15.9 Å². The van der Waals surface area contributed by atoms with Crippen molar-refractivity contribution in [2.45, 2.75) is 37.8 Å². The standard InChI is InChI=1S/C12H16BrN3O3/c1-19-10-4-2-9(3-5-10)15-12-11(16(17)18)6-8(13)7-14-12/h6-7,9-10H,2-5H2,1H3,(H,14,15). The zero-order valence-corrected chi connectivity index (χ0v) is 12.2. The molecule has 0 amide bonds. The van der Waals surface area contributed by atoms with Gasteiger partial charge in [-0.05, 0) is 41.6 Å². The summed E-state index contributed by atoms with van der Waals surface area (Å²) in [4.78, 5) is 14.7. The van der Waals surface area contributed by atoms with Gasteiger partial charge in [-0.3, -0.25) is 10.1 Å². The number of methoxy groups -OCH3 is 1. The molecule has 2 rings (SSSR count). The Morgan fingerprint density at radius 2 is 2.16 bits per heavy atom. The fourth-order valence-electron chi connectivity index (χ4n) is 2.32.